The lowest BCUT2D eigenvalue weighted by Crippen LogP contribution is -2.33. The Kier molecular flexibility index (Phi) is 5.35. The van der Waals surface area contributed by atoms with E-state index in [9.17, 15) is 13.2 Å². The smallest absolute Gasteiger partial charge is 0.341 e. The summed E-state index contributed by atoms with van der Waals surface area (Å²) in [6, 6.07) is -0.204. The molecule has 0 aliphatic heterocycles. The predicted octanol–water partition coefficient (Wildman–Crippen LogP) is 1.89. The summed E-state index contributed by atoms with van der Waals surface area (Å²) in [5, 5.41) is 0. The van der Waals surface area contributed by atoms with Gasteiger partial charge in [-0.05, 0) is 34.1 Å². The molecule has 0 aliphatic carbocycles. The molecule has 20 heavy (non-hydrogen) atoms. The Labute approximate surface area is 120 Å². The Balaban J connectivity index is 3.34. The van der Waals surface area contributed by atoms with Crippen molar-refractivity contribution in [3.05, 3.63) is 17.0 Å². The van der Waals surface area contributed by atoms with Crippen LogP contribution in [0.5, 0.6) is 0 Å². The number of hydrogen-bond acceptors (Lipinski definition) is 4. The third-order valence-corrected chi connectivity index (χ3v) is 4.80. The number of aromatic amines is 1. The number of aryl methyl sites for hydroxylation is 2. The van der Waals surface area contributed by atoms with Crippen molar-refractivity contribution < 1.29 is 17.9 Å². The topological polar surface area (TPSA) is 88.3 Å². The first-order valence-electron chi connectivity index (χ1n) is 6.63. The van der Waals surface area contributed by atoms with E-state index in [2.05, 4.69) is 9.71 Å². The predicted molar refractivity (Wildman–Crippen MR) is 76.3 cm³/mol. The van der Waals surface area contributed by atoms with E-state index in [0.29, 0.717) is 17.8 Å². The molecule has 0 unspecified atom stereocenters. The fourth-order valence-electron chi connectivity index (χ4n) is 1.95. The molecular formula is C13H22N2O4S. The van der Waals surface area contributed by atoms with Gasteiger partial charge in [-0.25, -0.2) is 17.9 Å². The van der Waals surface area contributed by atoms with E-state index in [-0.39, 0.29) is 23.1 Å². The second kappa shape index (κ2) is 6.41. The van der Waals surface area contributed by atoms with E-state index in [0.717, 1.165) is 0 Å². The van der Waals surface area contributed by atoms with Gasteiger partial charge in [0, 0.05) is 17.4 Å². The molecule has 1 atom stereocenters. The third-order valence-electron chi connectivity index (χ3n) is 3.03. The summed E-state index contributed by atoms with van der Waals surface area (Å²) in [5.41, 5.74) is 1.01. The maximum absolute atomic E-state index is 12.4. The number of H-pyrrole nitrogens is 1. The van der Waals surface area contributed by atoms with Crippen LogP contribution in [0.4, 0.5) is 0 Å². The minimum absolute atomic E-state index is 0.0197. The molecule has 114 valence electrons. The molecule has 7 heteroatoms. The molecule has 1 heterocycles. The van der Waals surface area contributed by atoms with Gasteiger partial charge in [-0.2, -0.15) is 0 Å². The van der Waals surface area contributed by atoms with Crippen LogP contribution in [0, 0.1) is 13.8 Å². The minimum atomic E-state index is -3.76. The van der Waals surface area contributed by atoms with Crippen molar-refractivity contribution in [3.8, 4) is 0 Å². The summed E-state index contributed by atoms with van der Waals surface area (Å²) in [5.74, 6) is -0.626. The standard InChI is InChI=1S/C13H22N2O4S/c1-6-8(3)15-20(17,18)12-10(5)14-9(4)11(12)13(16)19-7-2/h8,14-15H,6-7H2,1-5H3/t8-/m1/s1. The minimum Gasteiger partial charge on any atom is -0.462 e. The van der Waals surface area contributed by atoms with Crippen molar-refractivity contribution in [2.75, 3.05) is 6.61 Å². The number of nitrogens with one attached hydrogen (secondary N) is 2. The number of rotatable bonds is 6. The number of carbonyl (C=O) groups is 1. The van der Waals surface area contributed by atoms with Crippen LogP contribution in [0.1, 0.15) is 48.9 Å². The maximum atomic E-state index is 12.4. The molecule has 1 aromatic rings. The largest absolute Gasteiger partial charge is 0.462 e. The van der Waals surface area contributed by atoms with E-state index >= 15 is 0 Å². The van der Waals surface area contributed by atoms with Crippen LogP contribution < -0.4 is 4.72 Å². The molecular weight excluding hydrogens is 280 g/mol. The lowest BCUT2D eigenvalue weighted by Gasteiger charge is -2.13. The van der Waals surface area contributed by atoms with Crippen molar-refractivity contribution in [2.24, 2.45) is 0 Å². The van der Waals surface area contributed by atoms with E-state index in [4.69, 9.17) is 4.74 Å². The van der Waals surface area contributed by atoms with Gasteiger partial charge in [-0.15, -0.1) is 0 Å². The monoisotopic (exact) mass is 302 g/mol. The number of aromatic nitrogens is 1. The van der Waals surface area contributed by atoms with Gasteiger partial charge in [0.1, 0.15) is 10.5 Å². The zero-order valence-corrected chi connectivity index (χ0v) is 13.3. The lowest BCUT2D eigenvalue weighted by molar-refractivity contribution is 0.0521. The Bertz CT molecular complexity index is 590. The van der Waals surface area contributed by atoms with Gasteiger partial charge in [0.05, 0.1) is 6.61 Å². The van der Waals surface area contributed by atoms with Crippen LogP contribution in [0.3, 0.4) is 0 Å². The average Bonchev–Trinajstić information content (AvgIpc) is 2.64. The quantitative estimate of drug-likeness (QED) is 0.785. The van der Waals surface area contributed by atoms with Gasteiger partial charge in [0.25, 0.3) is 0 Å². The zero-order chi connectivity index (χ0) is 15.5. The number of sulfonamides is 1. The van der Waals surface area contributed by atoms with Gasteiger partial charge in [-0.1, -0.05) is 6.92 Å². The first-order chi connectivity index (χ1) is 9.24. The van der Waals surface area contributed by atoms with Crippen LogP contribution in [-0.4, -0.2) is 32.0 Å². The van der Waals surface area contributed by atoms with Crippen LogP contribution in [-0.2, 0) is 14.8 Å². The van der Waals surface area contributed by atoms with Gasteiger partial charge < -0.3 is 9.72 Å². The fraction of sp³-hybridized carbons (Fsp3) is 0.615. The van der Waals surface area contributed by atoms with E-state index in [1.54, 1.807) is 27.7 Å². The van der Waals surface area contributed by atoms with E-state index in [1.165, 1.54) is 0 Å². The number of carbonyl (C=O) groups excluding carboxylic acids is 1. The van der Waals surface area contributed by atoms with E-state index in [1.807, 2.05) is 6.92 Å². The normalized spacial score (nSPS) is 13.2. The van der Waals surface area contributed by atoms with Crippen molar-refractivity contribution in [1.29, 1.82) is 0 Å². The van der Waals surface area contributed by atoms with Crippen molar-refractivity contribution in [3.63, 3.8) is 0 Å². The fourth-order valence-corrected chi connectivity index (χ4v) is 3.72. The highest BCUT2D eigenvalue weighted by Crippen LogP contribution is 2.24. The Morgan fingerprint density at radius 3 is 2.40 bits per heavy atom. The number of hydrogen-bond donors (Lipinski definition) is 2. The van der Waals surface area contributed by atoms with Gasteiger partial charge in [0.15, 0.2) is 0 Å². The molecule has 0 spiro atoms. The molecule has 0 aliphatic rings. The molecule has 0 fully saturated rings. The lowest BCUT2D eigenvalue weighted by atomic mass is 10.2. The Morgan fingerprint density at radius 2 is 1.90 bits per heavy atom. The summed E-state index contributed by atoms with van der Waals surface area (Å²) in [4.78, 5) is 14.8. The van der Waals surface area contributed by atoms with Crippen molar-refractivity contribution in [1.82, 2.24) is 9.71 Å². The number of ether oxygens (including phenoxy) is 1. The molecule has 0 saturated carbocycles. The summed E-state index contributed by atoms with van der Waals surface area (Å²) in [7, 11) is -3.76. The first-order valence-corrected chi connectivity index (χ1v) is 8.11. The molecule has 6 nitrogen and oxygen atoms in total. The second-order valence-corrected chi connectivity index (χ2v) is 6.38. The zero-order valence-electron chi connectivity index (χ0n) is 12.5. The second-order valence-electron chi connectivity index (χ2n) is 4.73. The number of esters is 1. The highest BCUT2D eigenvalue weighted by atomic mass is 32.2. The SMILES string of the molecule is CCOC(=O)c1c(C)[nH]c(C)c1S(=O)(=O)N[C@H](C)CC. The van der Waals surface area contributed by atoms with Gasteiger partial charge in [-0.3, -0.25) is 0 Å². The van der Waals surface area contributed by atoms with Crippen molar-refractivity contribution >= 4 is 16.0 Å². The summed E-state index contributed by atoms with van der Waals surface area (Å²) in [6.45, 7) is 8.81. The average molecular weight is 302 g/mol. The Morgan fingerprint density at radius 1 is 1.30 bits per heavy atom. The molecule has 0 amide bonds. The van der Waals surface area contributed by atoms with Crippen LogP contribution in [0.25, 0.3) is 0 Å². The molecule has 2 N–H and O–H groups in total. The van der Waals surface area contributed by atoms with Gasteiger partial charge >= 0.3 is 5.97 Å². The molecule has 0 radical (unpaired) electrons. The van der Waals surface area contributed by atoms with Crippen LogP contribution in [0.2, 0.25) is 0 Å². The molecule has 1 rings (SSSR count). The molecule has 0 saturated heterocycles. The first kappa shape index (κ1) is 16.7. The highest BCUT2D eigenvalue weighted by molar-refractivity contribution is 7.89. The summed E-state index contributed by atoms with van der Waals surface area (Å²) >= 11 is 0. The molecule has 1 aromatic heterocycles. The highest BCUT2D eigenvalue weighted by Gasteiger charge is 2.30. The molecule has 0 aromatic carbocycles. The summed E-state index contributed by atoms with van der Waals surface area (Å²) in [6.07, 6.45) is 0.663. The van der Waals surface area contributed by atoms with Gasteiger partial charge in [0.2, 0.25) is 10.0 Å². The van der Waals surface area contributed by atoms with Crippen molar-refractivity contribution in [2.45, 2.75) is 52.0 Å². The Hall–Kier alpha value is -1.34. The molecule has 0 bridgehead atoms. The van der Waals surface area contributed by atoms with Crippen LogP contribution in [0.15, 0.2) is 4.90 Å². The van der Waals surface area contributed by atoms with E-state index < -0.39 is 16.0 Å². The van der Waals surface area contributed by atoms with Crippen LogP contribution >= 0.6 is 0 Å². The third kappa shape index (κ3) is 3.40. The maximum Gasteiger partial charge on any atom is 0.341 e. The summed E-state index contributed by atoms with van der Waals surface area (Å²) < 4.78 is 32.3.